The minimum atomic E-state index is -4.16. The number of fused-ring (bicyclic) bond motifs is 1. The fourth-order valence-electron chi connectivity index (χ4n) is 3.49. The van der Waals surface area contributed by atoms with E-state index in [1.807, 2.05) is 0 Å². The number of halogens is 3. The molecule has 0 aliphatic carbocycles. The summed E-state index contributed by atoms with van der Waals surface area (Å²) in [6, 6.07) is -1.14. The van der Waals surface area contributed by atoms with E-state index in [0.29, 0.717) is 17.5 Å². The lowest BCUT2D eigenvalue weighted by Crippen LogP contribution is -2.46. The van der Waals surface area contributed by atoms with Gasteiger partial charge in [-0.15, -0.1) is 0 Å². The molecule has 2 aromatic rings. The molecule has 0 radical (unpaired) electrons. The highest BCUT2D eigenvalue weighted by Crippen LogP contribution is 2.31. The number of alkyl halides is 2. The first-order valence-corrected chi connectivity index (χ1v) is 11.3. The molecule has 4 unspecified atom stereocenters. The van der Waals surface area contributed by atoms with Crippen molar-refractivity contribution >= 4 is 39.1 Å². The van der Waals surface area contributed by atoms with Crippen LogP contribution < -0.4 is 15.4 Å². The Morgan fingerprint density at radius 3 is 2.65 bits per heavy atom. The lowest BCUT2D eigenvalue weighted by atomic mass is 10.1. The van der Waals surface area contributed by atoms with Gasteiger partial charge in [0.05, 0.1) is 43.4 Å². The van der Waals surface area contributed by atoms with Gasteiger partial charge < -0.3 is 20.1 Å². The van der Waals surface area contributed by atoms with Gasteiger partial charge in [-0.25, -0.2) is 26.9 Å². The number of rotatable bonds is 8. The highest BCUT2D eigenvalue weighted by Gasteiger charge is 2.49. The molecule has 15 heteroatoms. The van der Waals surface area contributed by atoms with Crippen LogP contribution in [0.25, 0.3) is 0 Å². The van der Waals surface area contributed by atoms with Crippen LogP contribution in [0.1, 0.15) is 0 Å². The molecular formula is C16H20ClF2N7O4S. The third-order valence-corrected chi connectivity index (χ3v) is 6.39. The van der Waals surface area contributed by atoms with Crippen LogP contribution in [-0.4, -0.2) is 77.8 Å². The van der Waals surface area contributed by atoms with Gasteiger partial charge in [-0.3, -0.25) is 4.68 Å². The molecule has 170 valence electrons. The minimum Gasteiger partial charge on any atom is -0.371 e. The Morgan fingerprint density at radius 2 is 1.97 bits per heavy atom. The molecule has 4 atom stereocenters. The summed E-state index contributed by atoms with van der Waals surface area (Å²) < 4.78 is 63.8. The highest BCUT2D eigenvalue weighted by atomic mass is 35.5. The number of aryl methyl sites for hydroxylation is 1. The van der Waals surface area contributed by atoms with E-state index in [9.17, 15) is 17.2 Å². The SMILES string of the molecule is Cn1cc(Nc2ncc(Cl)c(NC3COC4C(NS(=O)(=O)CC(F)F)COC34)n2)cn1. The zero-order valence-electron chi connectivity index (χ0n) is 16.2. The number of aromatic nitrogens is 4. The van der Waals surface area contributed by atoms with Gasteiger partial charge >= 0.3 is 0 Å². The molecule has 4 heterocycles. The summed E-state index contributed by atoms with van der Waals surface area (Å²) in [7, 11) is -2.38. The molecule has 2 aliphatic rings. The number of hydrogen-bond donors (Lipinski definition) is 3. The fraction of sp³-hybridized carbons (Fsp3) is 0.562. The van der Waals surface area contributed by atoms with E-state index in [1.54, 1.807) is 24.1 Å². The van der Waals surface area contributed by atoms with E-state index in [-0.39, 0.29) is 24.3 Å². The summed E-state index contributed by atoms with van der Waals surface area (Å²) >= 11 is 6.21. The molecule has 0 spiro atoms. The first kappa shape index (κ1) is 22.1. The number of anilines is 3. The van der Waals surface area contributed by atoms with Crippen LogP contribution in [0.3, 0.4) is 0 Å². The van der Waals surface area contributed by atoms with Gasteiger partial charge in [0.2, 0.25) is 16.0 Å². The van der Waals surface area contributed by atoms with Crippen molar-refractivity contribution in [2.24, 2.45) is 7.05 Å². The van der Waals surface area contributed by atoms with E-state index < -0.39 is 40.5 Å². The summed E-state index contributed by atoms with van der Waals surface area (Å²) in [4.78, 5) is 8.49. The summed E-state index contributed by atoms with van der Waals surface area (Å²) in [6.07, 6.45) is 0.687. The van der Waals surface area contributed by atoms with E-state index in [2.05, 4.69) is 30.4 Å². The van der Waals surface area contributed by atoms with E-state index in [4.69, 9.17) is 21.1 Å². The minimum absolute atomic E-state index is 0.00129. The van der Waals surface area contributed by atoms with Gasteiger partial charge in [-0.05, 0) is 0 Å². The second kappa shape index (κ2) is 8.78. The topological polar surface area (TPSA) is 132 Å². The largest absolute Gasteiger partial charge is 0.371 e. The van der Waals surface area contributed by atoms with E-state index in [1.165, 1.54) is 6.20 Å². The predicted octanol–water partition coefficient (Wildman–Crippen LogP) is 0.738. The van der Waals surface area contributed by atoms with Crippen molar-refractivity contribution in [3.63, 3.8) is 0 Å². The lowest BCUT2D eigenvalue weighted by molar-refractivity contribution is 0.0690. The lowest BCUT2D eigenvalue weighted by Gasteiger charge is -2.19. The van der Waals surface area contributed by atoms with Crippen molar-refractivity contribution in [1.29, 1.82) is 0 Å². The highest BCUT2D eigenvalue weighted by molar-refractivity contribution is 7.89. The van der Waals surface area contributed by atoms with Gasteiger partial charge in [0.1, 0.15) is 23.0 Å². The van der Waals surface area contributed by atoms with Gasteiger partial charge in [-0.1, -0.05) is 11.6 Å². The summed E-state index contributed by atoms with van der Waals surface area (Å²) in [5.74, 6) is -0.644. The zero-order chi connectivity index (χ0) is 22.2. The molecule has 2 saturated heterocycles. The van der Waals surface area contributed by atoms with E-state index in [0.717, 1.165) is 0 Å². The Kier molecular flexibility index (Phi) is 6.25. The average molecular weight is 480 g/mol. The third-order valence-electron chi connectivity index (χ3n) is 4.76. The van der Waals surface area contributed by atoms with Crippen LogP contribution in [0.4, 0.5) is 26.2 Å². The Bertz CT molecular complexity index is 1040. The first-order valence-electron chi connectivity index (χ1n) is 9.26. The summed E-state index contributed by atoms with van der Waals surface area (Å²) in [6.45, 7) is 0.190. The number of hydrogen-bond acceptors (Lipinski definition) is 9. The van der Waals surface area contributed by atoms with Gasteiger partial charge in [0.15, 0.2) is 5.82 Å². The number of nitrogens with zero attached hydrogens (tertiary/aromatic N) is 4. The maximum absolute atomic E-state index is 12.5. The van der Waals surface area contributed by atoms with Gasteiger partial charge in [0.25, 0.3) is 6.43 Å². The van der Waals surface area contributed by atoms with Crippen molar-refractivity contribution in [2.45, 2.75) is 30.7 Å². The van der Waals surface area contributed by atoms with Crippen molar-refractivity contribution < 1.29 is 26.7 Å². The Hall–Kier alpha value is -2.13. The van der Waals surface area contributed by atoms with Crippen LogP contribution in [-0.2, 0) is 26.5 Å². The Labute approximate surface area is 181 Å². The van der Waals surface area contributed by atoms with Crippen molar-refractivity contribution in [1.82, 2.24) is 24.5 Å². The number of sulfonamides is 1. The van der Waals surface area contributed by atoms with Crippen LogP contribution in [0.5, 0.6) is 0 Å². The molecule has 0 aromatic carbocycles. The molecule has 2 fully saturated rings. The maximum Gasteiger partial charge on any atom is 0.253 e. The monoisotopic (exact) mass is 479 g/mol. The van der Waals surface area contributed by atoms with E-state index >= 15 is 0 Å². The van der Waals surface area contributed by atoms with Crippen LogP contribution in [0, 0.1) is 0 Å². The third kappa shape index (κ3) is 5.20. The zero-order valence-corrected chi connectivity index (χ0v) is 17.8. The number of nitrogens with one attached hydrogen (secondary N) is 3. The quantitative estimate of drug-likeness (QED) is 0.501. The molecule has 0 saturated carbocycles. The second-order valence-electron chi connectivity index (χ2n) is 7.16. The van der Waals surface area contributed by atoms with Crippen molar-refractivity contribution in [2.75, 3.05) is 29.6 Å². The second-order valence-corrected chi connectivity index (χ2v) is 9.37. The van der Waals surface area contributed by atoms with Gasteiger partial charge in [0, 0.05) is 13.2 Å². The predicted molar refractivity (Wildman–Crippen MR) is 107 cm³/mol. The van der Waals surface area contributed by atoms with Crippen molar-refractivity contribution in [3.8, 4) is 0 Å². The number of ether oxygens (including phenoxy) is 2. The molecule has 3 N–H and O–H groups in total. The Morgan fingerprint density at radius 1 is 1.26 bits per heavy atom. The molecule has 4 rings (SSSR count). The maximum atomic E-state index is 12.5. The summed E-state index contributed by atoms with van der Waals surface area (Å²) in [5, 5.41) is 10.5. The summed E-state index contributed by atoms with van der Waals surface area (Å²) in [5.41, 5.74) is 0.693. The molecule has 11 nitrogen and oxygen atoms in total. The smallest absolute Gasteiger partial charge is 0.253 e. The molecule has 2 aliphatic heterocycles. The molecular weight excluding hydrogens is 460 g/mol. The van der Waals surface area contributed by atoms with Crippen LogP contribution in [0.2, 0.25) is 5.02 Å². The van der Waals surface area contributed by atoms with Gasteiger partial charge in [-0.2, -0.15) is 10.1 Å². The molecule has 31 heavy (non-hydrogen) atoms. The molecule has 0 amide bonds. The van der Waals surface area contributed by atoms with Crippen molar-refractivity contribution in [3.05, 3.63) is 23.6 Å². The van der Waals surface area contributed by atoms with Crippen LogP contribution in [0.15, 0.2) is 18.6 Å². The standard InChI is InChI=1S/C16H20ClF2N7O4S/c1-26-4-8(2-21-26)22-16-20-3-9(17)15(24-16)23-10-5-29-14-11(6-30-13(10)14)25-31(27,28)7-12(18)19/h2-4,10-14,25H,5-7H2,1H3,(H2,20,22,23,24). The fourth-order valence-corrected chi connectivity index (χ4v) is 4.72. The van der Waals surface area contributed by atoms with Crippen LogP contribution >= 0.6 is 11.6 Å². The molecule has 0 bridgehead atoms. The molecule has 2 aromatic heterocycles. The first-order chi connectivity index (χ1) is 14.7. The normalized spacial score (nSPS) is 25.7. The Balaban J connectivity index is 1.41. The average Bonchev–Trinajstić information content (AvgIpc) is 3.36.